The lowest BCUT2D eigenvalue weighted by Gasteiger charge is -2.11. The maximum Gasteiger partial charge on any atom is 0.325 e. The zero-order valence-corrected chi connectivity index (χ0v) is 12.0. The van der Waals surface area contributed by atoms with E-state index in [1.165, 1.54) is 32.4 Å². The fraction of sp³-hybridized carbons (Fsp3) is 0.333. The van der Waals surface area contributed by atoms with Crippen molar-refractivity contribution in [2.75, 3.05) is 20.8 Å². The predicted octanol–water partition coefficient (Wildman–Crippen LogP) is 1.11. The van der Waals surface area contributed by atoms with Gasteiger partial charge in [-0.2, -0.15) is 0 Å². The second-order valence-electron chi connectivity index (χ2n) is 3.82. The van der Waals surface area contributed by atoms with Crippen molar-refractivity contribution in [2.24, 2.45) is 0 Å². The number of nitrogens with zero attached hydrogens (tertiary/aromatic N) is 1. The molecule has 21 heavy (non-hydrogen) atoms. The average Bonchev–Trinajstić information content (AvgIpc) is 2.50. The summed E-state index contributed by atoms with van der Waals surface area (Å²) in [7, 11) is 2.39. The van der Waals surface area contributed by atoms with Crippen molar-refractivity contribution in [1.29, 1.82) is 0 Å². The highest BCUT2D eigenvalue weighted by molar-refractivity contribution is 6.30. The first-order valence-electron chi connectivity index (χ1n) is 5.73. The third kappa shape index (κ3) is 4.06. The van der Waals surface area contributed by atoms with Gasteiger partial charge in [-0.1, -0.05) is 6.07 Å². The summed E-state index contributed by atoms with van der Waals surface area (Å²) in [5, 5.41) is 12.2. The molecular weight excluding hydrogens is 304 g/mol. The molecule has 0 heterocycles. The Labute approximate surface area is 125 Å². The Balaban J connectivity index is 2.90. The predicted molar refractivity (Wildman–Crippen MR) is 73.6 cm³/mol. The molecule has 0 bridgehead atoms. The van der Waals surface area contributed by atoms with Gasteiger partial charge in [-0.3, -0.25) is 19.7 Å². The molecule has 1 amide bonds. The summed E-state index contributed by atoms with van der Waals surface area (Å²) < 4.78 is 9.32. The van der Waals surface area contributed by atoms with Gasteiger partial charge in [0.05, 0.1) is 24.7 Å². The van der Waals surface area contributed by atoms with E-state index in [9.17, 15) is 19.7 Å². The van der Waals surface area contributed by atoms with Gasteiger partial charge in [-0.15, -0.1) is 11.6 Å². The summed E-state index contributed by atoms with van der Waals surface area (Å²) in [5.41, 5.74) is -0.360. The number of carbonyl (C=O) groups is 2. The number of nitro benzene ring substituents is 1. The van der Waals surface area contributed by atoms with Crippen LogP contribution >= 0.6 is 11.6 Å². The molecule has 0 radical (unpaired) electrons. The van der Waals surface area contributed by atoms with E-state index in [-0.39, 0.29) is 23.5 Å². The molecule has 114 valence electrons. The zero-order chi connectivity index (χ0) is 16.0. The number of hydrogen-bond donors (Lipinski definition) is 1. The number of hydrogen-bond acceptors (Lipinski definition) is 6. The summed E-state index contributed by atoms with van der Waals surface area (Å²) in [6, 6.07) is 3.94. The molecule has 0 spiro atoms. The molecule has 1 atom stereocenters. The standard InChI is InChI=1S/C12H13ClN2O6/c1-20-10-7(4-3-5-9(10)15(18)19)11(16)14-6-8(13)12(17)21-2/h3-5,8H,6H2,1-2H3,(H,14,16). The monoisotopic (exact) mass is 316 g/mol. The molecule has 0 aliphatic rings. The fourth-order valence-corrected chi connectivity index (χ4v) is 1.72. The van der Waals surface area contributed by atoms with Crippen LogP contribution in [0.5, 0.6) is 5.75 Å². The van der Waals surface area contributed by atoms with Crippen LogP contribution in [0.1, 0.15) is 10.4 Å². The third-order valence-corrected chi connectivity index (χ3v) is 2.87. The Kier molecular flexibility index (Phi) is 5.92. The average molecular weight is 317 g/mol. The quantitative estimate of drug-likeness (QED) is 0.364. The van der Waals surface area contributed by atoms with Crippen molar-refractivity contribution in [1.82, 2.24) is 5.32 Å². The Morgan fingerprint density at radius 1 is 1.43 bits per heavy atom. The zero-order valence-electron chi connectivity index (χ0n) is 11.3. The van der Waals surface area contributed by atoms with Gasteiger partial charge < -0.3 is 14.8 Å². The Morgan fingerprint density at radius 3 is 2.62 bits per heavy atom. The summed E-state index contributed by atoms with van der Waals surface area (Å²) in [6.07, 6.45) is 0. The molecule has 8 nitrogen and oxygen atoms in total. The first-order chi connectivity index (χ1) is 9.92. The molecule has 0 saturated carbocycles. The number of halogens is 1. The van der Waals surface area contributed by atoms with E-state index in [2.05, 4.69) is 10.1 Å². The summed E-state index contributed by atoms with van der Waals surface area (Å²) >= 11 is 5.69. The fourth-order valence-electron chi connectivity index (χ4n) is 1.55. The van der Waals surface area contributed by atoms with Gasteiger partial charge >= 0.3 is 11.7 Å². The van der Waals surface area contributed by atoms with E-state index in [1.54, 1.807) is 0 Å². The highest BCUT2D eigenvalue weighted by Gasteiger charge is 2.23. The molecule has 1 aromatic rings. The molecule has 1 rings (SSSR count). The van der Waals surface area contributed by atoms with Gasteiger partial charge in [-0.05, 0) is 6.07 Å². The van der Waals surface area contributed by atoms with Crippen molar-refractivity contribution < 1.29 is 24.0 Å². The van der Waals surface area contributed by atoms with Crippen LogP contribution in [-0.4, -0.2) is 42.9 Å². The van der Waals surface area contributed by atoms with Crippen LogP contribution in [0.2, 0.25) is 0 Å². The Hall–Kier alpha value is -2.35. The number of carbonyl (C=O) groups excluding carboxylic acids is 2. The normalized spacial score (nSPS) is 11.4. The third-order valence-electron chi connectivity index (χ3n) is 2.54. The van der Waals surface area contributed by atoms with Crippen LogP contribution in [0.3, 0.4) is 0 Å². The minimum atomic E-state index is -1.05. The lowest BCUT2D eigenvalue weighted by Crippen LogP contribution is -2.34. The molecule has 1 unspecified atom stereocenters. The van der Waals surface area contributed by atoms with E-state index in [0.29, 0.717) is 0 Å². The smallest absolute Gasteiger partial charge is 0.325 e. The van der Waals surface area contributed by atoms with Crippen LogP contribution in [0.4, 0.5) is 5.69 Å². The molecule has 9 heteroatoms. The number of benzene rings is 1. The van der Waals surface area contributed by atoms with Gasteiger partial charge in [0.2, 0.25) is 5.75 Å². The largest absolute Gasteiger partial charge is 0.490 e. The Morgan fingerprint density at radius 2 is 2.10 bits per heavy atom. The van der Waals surface area contributed by atoms with Crippen LogP contribution in [-0.2, 0) is 9.53 Å². The number of ether oxygens (including phenoxy) is 2. The number of alkyl halides is 1. The van der Waals surface area contributed by atoms with Crippen molar-refractivity contribution in [3.05, 3.63) is 33.9 Å². The van der Waals surface area contributed by atoms with Crippen molar-refractivity contribution in [3.8, 4) is 5.75 Å². The van der Waals surface area contributed by atoms with E-state index in [1.807, 2.05) is 0 Å². The lowest BCUT2D eigenvalue weighted by molar-refractivity contribution is -0.385. The van der Waals surface area contributed by atoms with Crippen LogP contribution in [0.25, 0.3) is 0 Å². The van der Waals surface area contributed by atoms with Crippen LogP contribution < -0.4 is 10.1 Å². The number of rotatable bonds is 6. The summed E-state index contributed by atoms with van der Waals surface area (Å²) in [4.78, 5) is 33.3. The minimum Gasteiger partial charge on any atom is -0.490 e. The maximum absolute atomic E-state index is 12.0. The van der Waals surface area contributed by atoms with Gasteiger partial charge in [0, 0.05) is 12.6 Å². The molecule has 0 aromatic heterocycles. The van der Waals surface area contributed by atoms with Crippen molar-refractivity contribution >= 4 is 29.2 Å². The van der Waals surface area contributed by atoms with Gasteiger partial charge in [0.15, 0.2) is 0 Å². The highest BCUT2D eigenvalue weighted by atomic mass is 35.5. The van der Waals surface area contributed by atoms with E-state index < -0.39 is 22.2 Å². The van der Waals surface area contributed by atoms with E-state index >= 15 is 0 Å². The summed E-state index contributed by atoms with van der Waals surface area (Å²) in [5.74, 6) is -1.50. The molecule has 1 N–H and O–H groups in total. The number of esters is 1. The first kappa shape index (κ1) is 16.7. The highest BCUT2D eigenvalue weighted by Crippen LogP contribution is 2.30. The SMILES string of the molecule is COC(=O)C(Cl)CNC(=O)c1cccc([N+](=O)[O-])c1OC. The first-order valence-corrected chi connectivity index (χ1v) is 6.17. The molecule has 0 aliphatic heterocycles. The molecule has 0 saturated heterocycles. The number of methoxy groups -OCH3 is 2. The van der Waals surface area contributed by atoms with Crippen molar-refractivity contribution in [3.63, 3.8) is 0 Å². The van der Waals surface area contributed by atoms with Gasteiger partial charge in [0.25, 0.3) is 5.91 Å². The van der Waals surface area contributed by atoms with E-state index in [4.69, 9.17) is 16.3 Å². The van der Waals surface area contributed by atoms with E-state index in [0.717, 1.165) is 0 Å². The van der Waals surface area contributed by atoms with Crippen molar-refractivity contribution in [2.45, 2.75) is 5.38 Å². The maximum atomic E-state index is 12.0. The number of nitrogens with one attached hydrogen (secondary N) is 1. The number of nitro groups is 1. The minimum absolute atomic E-state index is 0.0274. The van der Waals surface area contributed by atoms with Gasteiger partial charge in [0.1, 0.15) is 5.38 Å². The topological polar surface area (TPSA) is 108 Å². The number of amides is 1. The molecule has 0 aliphatic carbocycles. The van der Waals surface area contributed by atoms with Crippen LogP contribution in [0.15, 0.2) is 18.2 Å². The van der Waals surface area contributed by atoms with Gasteiger partial charge in [-0.25, -0.2) is 0 Å². The molecule has 1 aromatic carbocycles. The molecule has 0 fully saturated rings. The number of para-hydroxylation sites is 1. The Bertz CT molecular complexity index is 563. The van der Waals surface area contributed by atoms with Crippen LogP contribution in [0, 0.1) is 10.1 Å². The summed E-state index contributed by atoms with van der Waals surface area (Å²) in [6.45, 7) is -0.182. The lowest BCUT2D eigenvalue weighted by atomic mass is 10.1. The second-order valence-corrected chi connectivity index (χ2v) is 4.34. The molecular formula is C12H13ClN2O6. The second kappa shape index (κ2) is 7.44.